The summed E-state index contributed by atoms with van der Waals surface area (Å²) in [4.78, 5) is 13.8. The van der Waals surface area contributed by atoms with Gasteiger partial charge in [-0.1, -0.05) is 26.2 Å². The summed E-state index contributed by atoms with van der Waals surface area (Å²) in [5.41, 5.74) is 2.94. The zero-order valence-electron chi connectivity index (χ0n) is 13.6. The van der Waals surface area contributed by atoms with Gasteiger partial charge in [0.2, 0.25) is 5.91 Å². The van der Waals surface area contributed by atoms with E-state index in [1.54, 1.807) is 18.9 Å². The molecule has 1 aliphatic heterocycles. The zero-order chi connectivity index (χ0) is 15.4. The van der Waals surface area contributed by atoms with Gasteiger partial charge in [-0.2, -0.15) is 0 Å². The van der Waals surface area contributed by atoms with Gasteiger partial charge in [0.25, 0.3) is 0 Å². The minimum atomic E-state index is 0. The van der Waals surface area contributed by atoms with E-state index in [2.05, 4.69) is 17.9 Å². The standard InChI is InChI=1S/C18H20NO2.Y/c1-5-6-11-21-15-8-9-16(14(3)12-15)17-10-7-13(2)18(20)19(17)4;/h8-9,12-13H,7,11H2,1-4H3;/q-1;. The molecule has 0 N–H and O–H groups in total. The Hall–Kier alpha value is -1.11. The second-order valence-electron chi connectivity index (χ2n) is 5.22. The maximum Gasteiger partial charge on any atom is 0.225 e. The van der Waals surface area contributed by atoms with Gasteiger partial charge in [-0.25, -0.2) is 6.08 Å². The van der Waals surface area contributed by atoms with Crippen LogP contribution >= 0.6 is 0 Å². The molecule has 0 spiro atoms. The molecule has 1 aromatic rings. The van der Waals surface area contributed by atoms with E-state index in [1.165, 1.54) is 0 Å². The first kappa shape index (κ1) is 18.9. The Kier molecular flexibility index (Phi) is 7.32. The van der Waals surface area contributed by atoms with Gasteiger partial charge in [0, 0.05) is 45.7 Å². The predicted molar refractivity (Wildman–Crippen MR) is 83.3 cm³/mol. The van der Waals surface area contributed by atoms with Crippen molar-refractivity contribution in [2.45, 2.75) is 27.2 Å². The maximum atomic E-state index is 12.1. The number of nitrogens with zero attached hydrogens (tertiary/aromatic N) is 1. The van der Waals surface area contributed by atoms with Crippen LogP contribution in [0.5, 0.6) is 5.75 Å². The summed E-state index contributed by atoms with van der Waals surface area (Å²) in [5.74, 6) is 6.61. The molecule has 0 saturated carbocycles. The van der Waals surface area contributed by atoms with Crippen LogP contribution in [0.3, 0.4) is 0 Å². The summed E-state index contributed by atoms with van der Waals surface area (Å²) in [7, 11) is 1.81. The molecule has 2 rings (SSSR count). The average Bonchev–Trinajstić information content (AvgIpc) is 2.46. The van der Waals surface area contributed by atoms with Crippen molar-refractivity contribution in [1.29, 1.82) is 0 Å². The number of carbonyl (C=O) groups excluding carboxylic acids is 1. The second-order valence-corrected chi connectivity index (χ2v) is 5.22. The SMILES string of the molecule is CC#CCOc1ccc(C2=[C-]CC(C)C(=O)N2C)c(C)c1.[Y]. The molecular weight excluding hydrogens is 351 g/mol. The van der Waals surface area contributed by atoms with Crippen LogP contribution < -0.4 is 4.74 Å². The fraction of sp³-hybridized carbons (Fsp3) is 0.389. The number of hydrogen-bond acceptors (Lipinski definition) is 2. The molecule has 0 fully saturated rings. The Morgan fingerprint density at radius 1 is 1.45 bits per heavy atom. The van der Waals surface area contributed by atoms with E-state index in [9.17, 15) is 4.79 Å². The van der Waals surface area contributed by atoms with E-state index < -0.39 is 0 Å². The monoisotopic (exact) mass is 371 g/mol. The fourth-order valence-corrected chi connectivity index (χ4v) is 2.36. The molecule has 113 valence electrons. The first-order valence-corrected chi connectivity index (χ1v) is 7.06. The summed E-state index contributed by atoms with van der Waals surface area (Å²) in [5, 5.41) is 0. The van der Waals surface area contributed by atoms with E-state index >= 15 is 0 Å². The third kappa shape index (κ3) is 4.21. The number of carbonyl (C=O) groups is 1. The molecule has 0 aromatic heterocycles. The number of rotatable bonds is 3. The number of ether oxygens (including phenoxy) is 1. The fourth-order valence-electron chi connectivity index (χ4n) is 2.36. The molecule has 0 saturated heterocycles. The largest absolute Gasteiger partial charge is 0.481 e. The third-order valence-corrected chi connectivity index (χ3v) is 3.60. The first-order valence-electron chi connectivity index (χ1n) is 7.06. The summed E-state index contributed by atoms with van der Waals surface area (Å²) in [6.45, 7) is 6.12. The Morgan fingerprint density at radius 2 is 2.18 bits per heavy atom. The molecule has 1 aliphatic rings. The molecule has 3 nitrogen and oxygen atoms in total. The molecule has 1 heterocycles. The maximum absolute atomic E-state index is 12.1. The summed E-state index contributed by atoms with van der Waals surface area (Å²) >= 11 is 0. The van der Waals surface area contributed by atoms with E-state index in [1.807, 2.05) is 32.0 Å². The Labute approximate surface area is 158 Å². The summed E-state index contributed by atoms with van der Waals surface area (Å²) in [6.07, 6.45) is 4.01. The van der Waals surface area contributed by atoms with Crippen LogP contribution in [0.15, 0.2) is 18.2 Å². The molecule has 1 atom stereocenters. The van der Waals surface area contributed by atoms with Crippen LogP contribution in [0.1, 0.15) is 31.4 Å². The summed E-state index contributed by atoms with van der Waals surface area (Å²) < 4.78 is 5.55. The van der Waals surface area contributed by atoms with Crippen LogP contribution in [0.25, 0.3) is 5.70 Å². The molecule has 22 heavy (non-hydrogen) atoms. The van der Waals surface area contributed by atoms with Gasteiger partial charge in [-0.05, 0) is 19.1 Å². The van der Waals surface area contributed by atoms with Crippen LogP contribution in [-0.2, 0) is 37.5 Å². The number of amides is 1. The van der Waals surface area contributed by atoms with Crippen LogP contribution in [0.4, 0.5) is 0 Å². The van der Waals surface area contributed by atoms with Crippen LogP contribution in [0.2, 0.25) is 0 Å². The van der Waals surface area contributed by atoms with Crippen molar-refractivity contribution in [2.75, 3.05) is 13.7 Å². The van der Waals surface area contributed by atoms with Gasteiger partial charge in [0.05, 0.1) is 0 Å². The second kappa shape index (κ2) is 8.51. The van der Waals surface area contributed by atoms with Gasteiger partial charge in [-0.3, -0.25) is 4.79 Å². The van der Waals surface area contributed by atoms with E-state index in [0.717, 1.165) is 22.6 Å². The molecule has 0 aliphatic carbocycles. The molecule has 4 heteroatoms. The smallest absolute Gasteiger partial charge is 0.225 e. The van der Waals surface area contributed by atoms with Gasteiger partial charge in [0.1, 0.15) is 12.4 Å². The van der Waals surface area contributed by atoms with E-state index in [-0.39, 0.29) is 44.5 Å². The Bertz CT molecular complexity index is 640. The van der Waals surface area contributed by atoms with Crippen LogP contribution in [-0.4, -0.2) is 24.5 Å². The summed E-state index contributed by atoms with van der Waals surface area (Å²) in [6, 6.07) is 5.86. The van der Waals surface area contributed by atoms with Crippen molar-refractivity contribution in [3.8, 4) is 17.6 Å². The quantitative estimate of drug-likeness (QED) is 0.604. The number of aryl methyl sites for hydroxylation is 1. The number of benzene rings is 1. The Morgan fingerprint density at radius 3 is 2.82 bits per heavy atom. The Balaban J connectivity index is 0.00000242. The normalized spacial score (nSPS) is 17.1. The molecule has 0 bridgehead atoms. The van der Waals surface area contributed by atoms with E-state index in [4.69, 9.17) is 4.74 Å². The van der Waals surface area contributed by atoms with Gasteiger partial charge in [0.15, 0.2) is 0 Å². The van der Waals surface area contributed by atoms with Crippen molar-refractivity contribution in [2.24, 2.45) is 5.92 Å². The van der Waals surface area contributed by atoms with Crippen molar-refractivity contribution in [1.82, 2.24) is 4.90 Å². The predicted octanol–water partition coefficient (Wildman–Crippen LogP) is 3.04. The van der Waals surface area contributed by atoms with E-state index in [0.29, 0.717) is 13.0 Å². The average molecular weight is 371 g/mol. The number of hydrogen-bond donors (Lipinski definition) is 0. The van der Waals surface area contributed by atoms with Crippen molar-refractivity contribution < 1.29 is 42.2 Å². The zero-order valence-corrected chi connectivity index (χ0v) is 16.4. The minimum absolute atomic E-state index is 0. The third-order valence-electron chi connectivity index (χ3n) is 3.60. The minimum Gasteiger partial charge on any atom is -0.481 e. The van der Waals surface area contributed by atoms with Gasteiger partial charge in [-0.15, -0.1) is 28.8 Å². The van der Waals surface area contributed by atoms with Crippen molar-refractivity contribution in [3.63, 3.8) is 0 Å². The number of allylic oxidation sites excluding steroid dienone is 1. The van der Waals surface area contributed by atoms with Gasteiger partial charge < -0.3 is 9.64 Å². The van der Waals surface area contributed by atoms with Crippen molar-refractivity contribution in [3.05, 3.63) is 35.4 Å². The topological polar surface area (TPSA) is 29.5 Å². The molecular formula is C18H20NO2Y-. The van der Waals surface area contributed by atoms with Gasteiger partial charge >= 0.3 is 0 Å². The van der Waals surface area contributed by atoms with Crippen molar-refractivity contribution >= 4 is 11.6 Å². The molecule has 1 aromatic carbocycles. The molecule has 1 radical (unpaired) electrons. The first-order chi connectivity index (χ1) is 10.0. The van der Waals surface area contributed by atoms with Crippen LogP contribution in [0, 0.1) is 30.8 Å². The molecule has 1 unspecified atom stereocenters. The molecule has 1 amide bonds.